The molecular formula is C49H91NO5. The summed E-state index contributed by atoms with van der Waals surface area (Å²) >= 11 is 0. The van der Waals surface area contributed by atoms with Crippen molar-refractivity contribution in [1.29, 1.82) is 0 Å². The average Bonchev–Trinajstić information content (AvgIpc) is 3.18. The van der Waals surface area contributed by atoms with Crippen LogP contribution in [0, 0.1) is 0 Å². The van der Waals surface area contributed by atoms with Gasteiger partial charge in [-0.1, -0.05) is 179 Å². The van der Waals surface area contributed by atoms with Crippen LogP contribution >= 0.6 is 0 Å². The van der Waals surface area contributed by atoms with Crippen LogP contribution in [0.3, 0.4) is 0 Å². The molecule has 0 saturated heterocycles. The standard InChI is InChI=1S/C49H91NO5/c1-4-7-10-13-16-19-21-22-23-24-25-26-27-30-33-36-39-42-49(54)55-45(40-37-34-31-29-20-17-14-11-8-5-2)43-48(53)50-46(44-51)47(52)41-38-35-32-28-18-15-12-9-6-3/h16-17,19-20,22-23,45-47,51-52H,4-15,18,21,24-44H2,1-3H3,(H,50,53)/b19-16-,20-17-,23-22-. The lowest BCUT2D eigenvalue weighted by atomic mass is 10.0. The molecule has 55 heavy (non-hydrogen) atoms. The highest BCUT2D eigenvalue weighted by Gasteiger charge is 2.24. The van der Waals surface area contributed by atoms with Crippen molar-refractivity contribution in [2.24, 2.45) is 0 Å². The third-order valence-corrected chi connectivity index (χ3v) is 10.7. The first-order valence-corrected chi connectivity index (χ1v) is 23.7. The van der Waals surface area contributed by atoms with E-state index in [1.807, 2.05) is 0 Å². The number of carbonyl (C=O) groups excluding carboxylic acids is 2. The van der Waals surface area contributed by atoms with Gasteiger partial charge < -0.3 is 20.3 Å². The maximum absolute atomic E-state index is 13.1. The van der Waals surface area contributed by atoms with Crippen molar-refractivity contribution in [3.05, 3.63) is 36.5 Å². The highest BCUT2D eigenvalue weighted by molar-refractivity contribution is 5.77. The molecule has 0 saturated carbocycles. The number of carbonyl (C=O) groups is 2. The largest absolute Gasteiger partial charge is 0.462 e. The van der Waals surface area contributed by atoms with Gasteiger partial charge in [0.1, 0.15) is 6.10 Å². The fourth-order valence-electron chi connectivity index (χ4n) is 7.04. The number of nitrogens with one attached hydrogen (secondary N) is 1. The first-order valence-electron chi connectivity index (χ1n) is 23.7. The van der Waals surface area contributed by atoms with Crippen LogP contribution in [0.15, 0.2) is 36.5 Å². The monoisotopic (exact) mass is 774 g/mol. The number of unbranched alkanes of at least 4 members (excludes halogenated alkanes) is 24. The first kappa shape index (κ1) is 53.1. The Balaban J connectivity index is 4.53. The molecule has 1 amide bonds. The number of amides is 1. The topological polar surface area (TPSA) is 95.9 Å². The predicted molar refractivity (Wildman–Crippen MR) is 236 cm³/mol. The van der Waals surface area contributed by atoms with Crippen LogP contribution in [0.1, 0.15) is 239 Å². The van der Waals surface area contributed by atoms with Gasteiger partial charge in [-0.25, -0.2) is 0 Å². The van der Waals surface area contributed by atoms with E-state index in [0.717, 1.165) is 83.5 Å². The zero-order valence-corrected chi connectivity index (χ0v) is 36.6. The van der Waals surface area contributed by atoms with Crippen molar-refractivity contribution in [1.82, 2.24) is 5.32 Å². The molecule has 0 aromatic heterocycles. The Bertz CT molecular complexity index is 915. The number of allylic oxidation sites excluding steroid dienone is 6. The van der Waals surface area contributed by atoms with Gasteiger partial charge in [0, 0.05) is 6.42 Å². The van der Waals surface area contributed by atoms with E-state index in [1.54, 1.807) is 0 Å². The van der Waals surface area contributed by atoms with Crippen molar-refractivity contribution < 1.29 is 24.5 Å². The van der Waals surface area contributed by atoms with E-state index in [2.05, 4.69) is 62.5 Å². The minimum atomic E-state index is -0.788. The summed E-state index contributed by atoms with van der Waals surface area (Å²) in [6.45, 7) is 6.40. The number of aliphatic hydroxyl groups excluding tert-OH is 2. The molecule has 0 radical (unpaired) electrons. The maximum atomic E-state index is 13.1. The van der Waals surface area contributed by atoms with Gasteiger partial charge in [0.2, 0.25) is 5.91 Å². The van der Waals surface area contributed by atoms with Crippen LogP contribution in [0.2, 0.25) is 0 Å². The minimum Gasteiger partial charge on any atom is -0.462 e. The molecule has 0 aliphatic rings. The van der Waals surface area contributed by atoms with Crippen molar-refractivity contribution in [2.45, 2.75) is 257 Å². The number of esters is 1. The Morgan fingerprint density at radius 3 is 1.45 bits per heavy atom. The highest BCUT2D eigenvalue weighted by atomic mass is 16.5. The van der Waals surface area contributed by atoms with Gasteiger partial charge in [-0.15, -0.1) is 0 Å². The van der Waals surface area contributed by atoms with Crippen LogP contribution in [0.4, 0.5) is 0 Å². The van der Waals surface area contributed by atoms with E-state index < -0.39 is 18.2 Å². The summed E-state index contributed by atoms with van der Waals surface area (Å²) < 4.78 is 5.89. The average molecular weight is 774 g/mol. The van der Waals surface area contributed by atoms with Gasteiger partial charge in [-0.2, -0.15) is 0 Å². The Morgan fingerprint density at radius 2 is 0.927 bits per heavy atom. The number of ether oxygens (including phenoxy) is 1. The fraction of sp³-hybridized carbons (Fsp3) is 0.837. The maximum Gasteiger partial charge on any atom is 0.306 e. The quantitative estimate of drug-likeness (QED) is 0.0326. The molecule has 0 aromatic rings. The first-order chi connectivity index (χ1) is 27.0. The molecule has 6 nitrogen and oxygen atoms in total. The Kier molecular flexibility index (Phi) is 41.7. The summed E-state index contributed by atoms with van der Waals surface area (Å²) in [5, 5.41) is 23.6. The molecule has 0 aliphatic carbocycles. The van der Waals surface area contributed by atoms with Crippen molar-refractivity contribution in [3.8, 4) is 0 Å². The lowest BCUT2D eigenvalue weighted by molar-refractivity contribution is -0.151. The highest BCUT2D eigenvalue weighted by Crippen LogP contribution is 2.17. The van der Waals surface area contributed by atoms with E-state index >= 15 is 0 Å². The zero-order chi connectivity index (χ0) is 40.3. The smallest absolute Gasteiger partial charge is 0.306 e. The summed E-state index contributed by atoms with van der Waals surface area (Å²) in [5.41, 5.74) is 0. The third-order valence-electron chi connectivity index (χ3n) is 10.7. The third kappa shape index (κ3) is 38.7. The predicted octanol–water partition coefficient (Wildman–Crippen LogP) is 13.7. The van der Waals surface area contributed by atoms with Crippen molar-refractivity contribution >= 4 is 11.9 Å². The summed E-state index contributed by atoms with van der Waals surface area (Å²) in [6, 6.07) is -0.703. The molecule has 0 rings (SSSR count). The molecule has 0 bridgehead atoms. The van der Waals surface area contributed by atoms with E-state index in [4.69, 9.17) is 4.74 Å². The van der Waals surface area contributed by atoms with Crippen LogP contribution in [-0.4, -0.2) is 46.9 Å². The van der Waals surface area contributed by atoms with E-state index in [9.17, 15) is 19.8 Å². The molecule has 3 atom stereocenters. The summed E-state index contributed by atoms with van der Waals surface area (Å²) in [7, 11) is 0. The second-order valence-corrected chi connectivity index (χ2v) is 16.2. The van der Waals surface area contributed by atoms with Gasteiger partial charge in [-0.05, 0) is 83.5 Å². The van der Waals surface area contributed by atoms with E-state index in [-0.39, 0.29) is 24.9 Å². The molecule has 0 fully saturated rings. The van der Waals surface area contributed by atoms with Gasteiger partial charge in [0.25, 0.3) is 0 Å². The lowest BCUT2D eigenvalue weighted by Gasteiger charge is -2.24. The lowest BCUT2D eigenvalue weighted by Crippen LogP contribution is -2.46. The second kappa shape index (κ2) is 43.2. The van der Waals surface area contributed by atoms with Crippen LogP contribution in [-0.2, 0) is 14.3 Å². The fourth-order valence-corrected chi connectivity index (χ4v) is 7.04. The molecular weight excluding hydrogens is 683 g/mol. The molecule has 6 heteroatoms. The van der Waals surface area contributed by atoms with Crippen LogP contribution in [0.25, 0.3) is 0 Å². The van der Waals surface area contributed by atoms with Gasteiger partial charge >= 0.3 is 5.97 Å². The van der Waals surface area contributed by atoms with Gasteiger partial charge in [0.15, 0.2) is 0 Å². The van der Waals surface area contributed by atoms with Crippen molar-refractivity contribution in [3.63, 3.8) is 0 Å². The Hall–Kier alpha value is -1.92. The summed E-state index contributed by atoms with van der Waals surface area (Å²) in [6.07, 6.45) is 49.2. The molecule has 322 valence electrons. The normalized spacial score (nSPS) is 13.6. The van der Waals surface area contributed by atoms with Crippen molar-refractivity contribution in [2.75, 3.05) is 6.61 Å². The minimum absolute atomic E-state index is 0.0647. The summed E-state index contributed by atoms with van der Waals surface area (Å²) in [5.74, 6) is -0.498. The molecule has 0 aliphatic heterocycles. The molecule has 0 spiro atoms. The zero-order valence-electron chi connectivity index (χ0n) is 36.6. The van der Waals surface area contributed by atoms with Gasteiger partial charge in [0.05, 0.1) is 25.2 Å². The van der Waals surface area contributed by atoms with E-state index in [0.29, 0.717) is 19.3 Å². The molecule has 3 unspecified atom stereocenters. The molecule has 3 N–H and O–H groups in total. The number of aliphatic hydroxyl groups is 2. The number of hydrogen-bond acceptors (Lipinski definition) is 5. The second-order valence-electron chi connectivity index (χ2n) is 16.2. The number of hydrogen-bond donors (Lipinski definition) is 3. The molecule has 0 aromatic carbocycles. The van der Waals surface area contributed by atoms with Crippen LogP contribution < -0.4 is 5.32 Å². The summed E-state index contributed by atoms with van der Waals surface area (Å²) in [4.78, 5) is 26.0. The molecule has 0 heterocycles. The Labute approximate surface area is 341 Å². The number of rotatable bonds is 42. The van der Waals surface area contributed by atoms with Crippen LogP contribution in [0.5, 0.6) is 0 Å². The van der Waals surface area contributed by atoms with Gasteiger partial charge in [-0.3, -0.25) is 9.59 Å². The Morgan fingerprint density at radius 1 is 0.527 bits per heavy atom. The SMILES string of the molecule is CCCCC/C=C\C/C=C\CCCCCCCCCC(=O)OC(CCCCC/C=C\CCCCC)CC(=O)NC(CO)C(O)CCCCCCCCCCC. The van der Waals surface area contributed by atoms with E-state index in [1.165, 1.54) is 109 Å².